The van der Waals surface area contributed by atoms with E-state index in [4.69, 9.17) is 5.11 Å². The van der Waals surface area contributed by atoms with E-state index < -0.39 is 36.4 Å². The van der Waals surface area contributed by atoms with Gasteiger partial charge >= 0.3 is 11.9 Å². The molecule has 2 N–H and O–H groups in total. The summed E-state index contributed by atoms with van der Waals surface area (Å²) in [4.78, 5) is 25.3. The van der Waals surface area contributed by atoms with Crippen molar-refractivity contribution in [2.24, 2.45) is 5.92 Å². The maximum atomic E-state index is 14.0. The first kappa shape index (κ1) is 24.0. The highest BCUT2D eigenvalue weighted by molar-refractivity contribution is 7.13. The lowest BCUT2D eigenvalue weighted by atomic mass is 9.99. The van der Waals surface area contributed by atoms with Crippen LogP contribution in [0.5, 0.6) is 0 Å². The number of aliphatic hydroxyl groups is 1. The summed E-state index contributed by atoms with van der Waals surface area (Å²) >= 11 is 1.14. The summed E-state index contributed by atoms with van der Waals surface area (Å²) in [7, 11) is 0. The van der Waals surface area contributed by atoms with Gasteiger partial charge in [-0.2, -0.15) is 8.78 Å². The first-order chi connectivity index (χ1) is 14.2. The Morgan fingerprint density at radius 1 is 1.43 bits per heavy atom. The standard InChI is InChI=1S/C22H27F2NO4S/c1-3-4-5-7-15(2)18(26)11-9-16-14-22(23,24)21(29)25(16)13-6-8-17-10-12-19(30-17)20(27)28/h9-12,15-16,18,26H,3,6-8,13-14H2,1-2H3,(H,27,28)/t15?,16-,18-/m0/s1. The number of carbonyl (C=O) groups excluding carboxylic acids is 1. The number of aliphatic hydroxyl groups excluding tert-OH is 1. The van der Waals surface area contributed by atoms with Gasteiger partial charge in [-0.1, -0.05) is 26.0 Å². The van der Waals surface area contributed by atoms with Crippen molar-refractivity contribution in [3.8, 4) is 11.8 Å². The number of carboxylic acids is 1. The van der Waals surface area contributed by atoms with Gasteiger partial charge < -0.3 is 15.1 Å². The minimum Gasteiger partial charge on any atom is -0.477 e. The number of likely N-dealkylation sites (tertiary alicyclic amines) is 1. The Balaban J connectivity index is 1.97. The van der Waals surface area contributed by atoms with Gasteiger partial charge in [-0.05, 0) is 30.9 Å². The topological polar surface area (TPSA) is 77.8 Å². The van der Waals surface area contributed by atoms with Crippen molar-refractivity contribution in [1.82, 2.24) is 4.90 Å². The maximum absolute atomic E-state index is 14.0. The number of nitrogens with zero attached hydrogens (tertiary/aromatic N) is 1. The van der Waals surface area contributed by atoms with Gasteiger partial charge in [0.25, 0.3) is 5.91 Å². The largest absolute Gasteiger partial charge is 0.477 e. The smallest absolute Gasteiger partial charge is 0.345 e. The van der Waals surface area contributed by atoms with Gasteiger partial charge in [0.1, 0.15) is 4.88 Å². The van der Waals surface area contributed by atoms with Crippen LogP contribution in [0.4, 0.5) is 8.78 Å². The van der Waals surface area contributed by atoms with Crippen molar-refractivity contribution in [2.75, 3.05) is 6.54 Å². The normalized spacial score (nSPS) is 20.2. The van der Waals surface area contributed by atoms with E-state index in [1.807, 2.05) is 13.8 Å². The predicted octanol–water partition coefficient (Wildman–Crippen LogP) is 3.97. The van der Waals surface area contributed by atoms with Crippen molar-refractivity contribution in [3.05, 3.63) is 34.0 Å². The van der Waals surface area contributed by atoms with Gasteiger partial charge in [-0.15, -0.1) is 23.2 Å². The molecule has 0 aromatic carbocycles. The third-order valence-electron chi connectivity index (χ3n) is 4.97. The van der Waals surface area contributed by atoms with Crippen LogP contribution in [-0.2, 0) is 11.2 Å². The zero-order valence-corrected chi connectivity index (χ0v) is 17.9. The van der Waals surface area contributed by atoms with Crippen LogP contribution < -0.4 is 0 Å². The molecule has 1 fully saturated rings. The minimum absolute atomic E-state index is 0.136. The van der Waals surface area contributed by atoms with E-state index in [0.29, 0.717) is 19.3 Å². The van der Waals surface area contributed by atoms with Crippen LogP contribution >= 0.6 is 11.3 Å². The van der Waals surface area contributed by atoms with Crippen LogP contribution in [0.1, 0.15) is 54.1 Å². The molecular weight excluding hydrogens is 412 g/mol. The average molecular weight is 440 g/mol. The second kappa shape index (κ2) is 10.7. The van der Waals surface area contributed by atoms with E-state index >= 15 is 0 Å². The van der Waals surface area contributed by atoms with Crippen LogP contribution in [0.25, 0.3) is 0 Å². The highest BCUT2D eigenvalue weighted by atomic mass is 32.1. The summed E-state index contributed by atoms with van der Waals surface area (Å²) in [5, 5.41) is 19.2. The van der Waals surface area contributed by atoms with E-state index in [-0.39, 0.29) is 17.3 Å². The lowest BCUT2D eigenvalue weighted by molar-refractivity contribution is -0.148. The number of carbonyl (C=O) groups is 2. The first-order valence-corrected chi connectivity index (χ1v) is 10.8. The van der Waals surface area contributed by atoms with Crippen molar-refractivity contribution in [1.29, 1.82) is 0 Å². The van der Waals surface area contributed by atoms with E-state index in [0.717, 1.165) is 27.5 Å². The number of carboxylic acid groups (broad SMARTS) is 1. The highest BCUT2D eigenvalue weighted by Crippen LogP contribution is 2.34. The molecule has 0 radical (unpaired) electrons. The number of halogens is 2. The molecule has 1 aromatic heterocycles. The lowest BCUT2D eigenvalue weighted by Gasteiger charge is -2.22. The molecule has 1 saturated heterocycles. The summed E-state index contributed by atoms with van der Waals surface area (Å²) < 4.78 is 28.0. The number of amides is 1. The van der Waals surface area contributed by atoms with Crippen LogP contribution in [-0.4, -0.2) is 51.6 Å². The maximum Gasteiger partial charge on any atom is 0.345 e. The van der Waals surface area contributed by atoms with E-state index in [1.54, 1.807) is 6.07 Å². The molecule has 0 aliphatic carbocycles. The van der Waals surface area contributed by atoms with Crippen LogP contribution in [0.15, 0.2) is 24.3 Å². The molecule has 2 rings (SSSR count). The SMILES string of the molecule is CCC#CCC(C)[C@@H](O)C=C[C@H]1CC(F)(F)C(=O)N1CCCc1ccc(C(=O)O)s1. The molecule has 0 saturated carbocycles. The van der Waals surface area contributed by atoms with E-state index in [9.17, 15) is 23.5 Å². The molecule has 5 nitrogen and oxygen atoms in total. The molecule has 1 unspecified atom stereocenters. The fraction of sp³-hybridized carbons (Fsp3) is 0.545. The quantitative estimate of drug-likeness (QED) is 0.451. The molecule has 0 spiro atoms. The zero-order valence-electron chi connectivity index (χ0n) is 17.1. The Morgan fingerprint density at radius 2 is 2.17 bits per heavy atom. The summed E-state index contributed by atoms with van der Waals surface area (Å²) in [6.07, 6.45) is 3.70. The van der Waals surface area contributed by atoms with Crippen molar-refractivity contribution < 1.29 is 28.6 Å². The second-order valence-corrected chi connectivity index (χ2v) is 8.58. The van der Waals surface area contributed by atoms with Gasteiger partial charge in [-0.3, -0.25) is 4.79 Å². The third-order valence-corrected chi connectivity index (χ3v) is 6.11. The highest BCUT2D eigenvalue weighted by Gasteiger charge is 2.52. The van der Waals surface area contributed by atoms with Crippen LogP contribution in [0.2, 0.25) is 0 Å². The second-order valence-electron chi connectivity index (χ2n) is 7.41. The van der Waals surface area contributed by atoms with Gasteiger partial charge in [-0.25, -0.2) is 4.79 Å². The number of rotatable bonds is 9. The number of aromatic carboxylic acids is 1. The van der Waals surface area contributed by atoms with Gasteiger partial charge in [0.05, 0.1) is 12.1 Å². The Morgan fingerprint density at radius 3 is 2.80 bits per heavy atom. The Bertz CT molecular complexity index is 840. The number of thiophene rings is 1. The minimum atomic E-state index is -3.42. The predicted molar refractivity (Wildman–Crippen MR) is 112 cm³/mol. The monoisotopic (exact) mass is 439 g/mol. The van der Waals surface area contributed by atoms with Crippen molar-refractivity contribution >= 4 is 23.2 Å². The molecule has 1 amide bonds. The fourth-order valence-electron chi connectivity index (χ4n) is 3.22. The molecular formula is C22H27F2NO4S. The molecule has 0 bridgehead atoms. The number of alkyl halides is 2. The average Bonchev–Trinajstić information content (AvgIpc) is 3.24. The van der Waals surface area contributed by atoms with Crippen LogP contribution in [0, 0.1) is 17.8 Å². The molecule has 2 heterocycles. The summed E-state index contributed by atoms with van der Waals surface area (Å²) in [5.74, 6) is 0.123. The molecule has 164 valence electrons. The van der Waals surface area contributed by atoms with Crippen LogP contribution in [0.3, 0.4) is 0 Å². The lowest BCUT2D eigenvalue weighted by Crippen LogP contribution is -2.36. The molecule has 30 heavy (non-hydrogen) atoms. The molecule has 1 aliphatic rings. The molecule has 8 heteroatoms. The summed E-state index contributed by atoms with van der Waals surface area (Å²) in [6.45, 7) is 3.90. The Hall–Kier alpha value is -2.24. The van der Waals surface area contributed by atoms with Gasteiger partial charge in [0, 0.05) is 30.7 Å². The number of aryl methyl sites for hydroxylation is 1. The fourth-order valence-corrected chi connectivity index (χ4v) is 4.11. The Kier molecular flexibility index (Phi) is 8.56. The van der Waals surface area contributed by atoms with Gasteiger partial charge in [0.2, 0.25) is 0 Å². The van der Waals surface area contributed by atoms with E-state index in [1.165, 1.54) is 18.2 Å². The molecule has 1 aliphatic heterocycles. The number of hydrogen-bond acceptors (Lipinski definition) is 4. The number of hydrogen-bond donors (Lipinski definition) is 2. The van der Waals surface area contributed by atoms with E-state index in [2.05, 4.69) is 11.8 Å². The summed E-state index contributed by atoms with van der Waals surface area (Å²) in [5.41, 5.74) is 0. The first-order valence-electron chi connectivity index (χ1n) is 9.98. The summed E-state index contributed by atoms with van der Waals surface area (Å²) in [6, 6.07) is 2.43. The van der Waals surface area contributed by atoms with Crippen molar-refractivity contribution in [3.63, 3.8) is 0 Å². The Labute approximate surface area is 179 Å². The van der Waals surface area contributed by atoms with Gasteiger partial charge in [0.15, 0.2) is 0 Å². The molecule has 3 atom stereocenters. The zero-order chi connectivity index (χ0) is 22.3. The molecule has 1 aromatic rings. The van der Waals surface area contributed by atoms with Crippen molar-refractivity contribution in [2.45, 2.75) is 64.0 Å². The third kappa shape index (κ3) is 6.38.